The molecule has 1 fully saturated rings. The highest BCUT2D eigenvalue weighted by molar-refractivity contribution is 6.32. The molecule has 3 aromatic rings. The number of benzene rings is 3. The summed E-state index contributed by atoms with van der Waals surface area (Å²) in [6.45, 7) is 7.79. The van der Waals surface area contributed by atoms with Crippen LogP contribution >= 0.6 is 11.6 Å². The van der Waals surface area contributed by atoms with Crippen LogP contribution in [0.5, 0.6) is 17.2 Å². The highest BCUT2D eigenvalue weighted by atomic mass is 35.5. The van der Waals surface area contributed by atoms with Gasteiger partial charge in [-0.05, 0) is 66.6 Å². The largest absolute Gasteiger partial charge is 0.496 e. The fourth-order valence-corrected chi connectivity index (χ4v) is 4.99. The number of nitrogens with zero attached hydrogens (tertiary/aromatic N) is 1. The number of hydrogen-bond donors (Lipinski definition) is 1. The van der Waals surface area contributed by atoms with Crippen molar-refractivity contribution in [1.29, 1.82) is 0 Å². The van der Waals surface area contributed by atoms with E-state index in [0.29, 0.717) is 41.6 Å². The number of carbonyl (C=O) groups excluding carboxylic acids is 1. The van der Waals surface area contributed by atoms with Gasteiger partial charge in [-0.25, -0.2) is 0 Å². The van der Waals surface area contributed by atoms with E-state index in [-0.39, 0.29) is 6.10 Å². The number of likely N-dealkylation sites (tertiary alicyclic amines) is 1. The molecule has 0 amide bonds. The maximum Gasteiger partial charge on any atom is 0.153 e. The van der Waals surface area contributed by atoms with Crippen molar-refractivity contribution in [3.63, 3.8) is 0 Å². The molecule has 1 N–H and O–H groups in total. The van der Waals surface area contributed by atoms with E-state index >= 15 is 0 Å². The van der Waals surface area contributed by atoms with Crippen LogP contribution in [0.3, 0.4) is 0 Å². The third-order valence-corrected chi connectivity index (χ3v) is 7.23. The van der Waals surface area contributed by atoms with Crippen molar-refractivity contribution in [2.45, 2.75) is 39.4 Å². The van der Waals surface area contributed by atoms with Crippen LogP contribution in [-0.2, 0) is 6.61 Å². The van der Waals surface area contributed by atoms with Crippen molar-refractivity contribution >= 4 is 17.9 Å². The minimum atomic E-state index is -0.188. The van der Waals surface area contributed by atoms with E-state index in [1.807, 2.05) is 24.3 Å². The standard InChI is InChI=1S/C30H34ClNO5/c1-20-22(19-37-30-16-29(35-3)23(18-33)15-27(30)31)7-4-8-25(20)26-9-5-10-28(21(26)2)36-14-6-12-32-13-11-24(34)17-32/h4-5,7-10,15-16,18,24,34H,6,11-14,17,19H2,1-3H3. The number of methoxy groups -OCH3 is 1. The molecule has 0 spiro atoms. The van der Waals surface area contributed by atoms with Gasteiger partial charge in [-0.15, -0.1) is 0 Å². The molecule has 0 aliphatic carbocycles. The quantitative estimate of drug-likeness (QED) is 0.251. The number of aliphatic hydroxyl groups is 1. The van der Waals surface area contributed by atoms with E-state index in [4.69, 9.17) is 25.8 Å². The van der Waals surface area contributed by atoms with Crippen LogP contribution in [0.25, 0.3) is 11.1 Å². The van der Waals surface area contributed by atoms with Crippen molar-refractivity contribution in [2.75, 3.05) is 33.4 Å². The summed E-state index contributed by atoms with van der Waals surface area (Å²) in [7, 11) is 1.51. The van der Waals surface area contributed by atoms with Crippen molar-refractivity contribution in [3.8, 4) is 28.4 Å². The number of rotatable bonds is 11. The predicted octanol–water partition coefficient (Wildman–Crippen LogP) is 5.86. The second-order valence-corrected chi connectivity index (χ2v) is 9.80. The second-order valence-electron chi connectivity index (χ2n) is 9.39. The molecule has 7 heteroatoms. The average Bonchev–Trinajstić information content (AvgIpc) is 3.32. The van der Waals surface area contributed by atoms with Gasteiger partial charge in [0, 0.05) is 25.7 Å². The Hall–Kier alpha value is -3.06. The number of carbonyl (C=O) groups is 1. The Morgan fingerprint density at radius 1 is 1.03 bits per heavy atom. The van der Waals surface area contributed by atoms with Crippen LogP contribution in [0.4, 0.5) is 0 Å². The fourth-order valence-electron chi connectivity index (χ4n) is 4.76. The first-order chi connectivity index (χ1) is 17.9. The maximum absolute atomic E-state index is 11.2. The van der Waals surface area contributed by atoms with E-state index in [1.54, 1.807) is 12.1 Å². The van der Waals surface area contributed by atoms with Crippen LogP contribution in [-0.4, -0.2) is 55.7 Å². The van der Waals surface area contributed by atoms with Gasteiger partial charge in [0.25, 0.3) is 0 Å². The number of aldehydes is 1. The molecular weight excluding hydrogens is 490 g/mol. The lowest BCUT2D eigenvalue weighted by Crippen LogP contribution is -2.24. The molecule has 1 saturated heterocycles. The Labute approximate surface area is 223 Å². The van der Waals surface area contributed by atoms with E-state index in [2.05, 4.69) is 30.9 Å². The van der Waals surface area contributed by atoms with Gasteiger partial charge in [0.2, 0.25) is 0 Å². The molecular formula is C30H34ClNO5. The van der Waals surface area contributed by atoms with E-state index in [9.17, 15) is 9.90 Å². The lowest BCUT2D eigenvalue weighted by atomic mass is 9.93. The third kappa shape index (κ3) is 6.45. The number of ether oxygens (including phenoxy) is 3. The normalized spacial score (nSPS) is 15.5. The third-order valence-electron chi connectivity index (χ3n) is 6.94. The minimum Gasteiger partial charge on any atom is -0.496 e. The van der Waals surface area contributed by atoms with Crippen molar-refractivity contribution in [2.24, 2.45) is 0 Å². The van der Waals surface area contributed by atoms with Crippen LogP contribution in [0.1, 0.15) is 39.9 Å². The van der Waals surface area contributed by atoms with Crippen LogP contribution in [0.2, 0.25) is 5.02 Å². The molecule has 1 unspecified atom stereocenters. The van der Waals surface area contributed by atoms with E-state index in [1.165, 1.54) is 7.11 Å². The SMILES string of the molecule is COc1cc(OCc2cccc(-c3cccc(OCCCN4CCC(O)C4)c3C)c2C)c(Cl)cc1C=O. The molecule has 4 rings (SSSR count). The molecule has 1 aliphatic heterocycles. The molecule has 37 heavy (non-hydrogen) atoms. The summed E-state index contributed by atoms with van der Waals surface area (Å²) in [6, 6.07) is 15.5. The topological polar surface area (TPSA) is 68.2 Å². The van der Waals surface area contributed by atoms with Gasteiger partial charge in [0.1, 0.15) is 23.9 Å². The number of β-amino-alcohol motifs (C(OH)–C–C–N with tert-alkyl or cyclic N) is 1. The minimum absolute atomic E-state index is 0.188. The van der Waals surface area contributed by atoms with Gasteiger partial charge in [0.15, 0.2) is 6.29 Å². The number of aliphatic hydroxyl groups excluding tert-OH is 1. The Bertz CT molecular complexity index is 1240. The molecule has 1 heterocycles. The number of hydrogen-bond acceptors (Lipinski definition) is 6. The van der Waals surface area contributed by atoms with Gasteiger partial charge >= 0.3 is 0 Å². The molecule has 0 aromatic heterocycles. The van der Waals surface area contributed by atoms with E-state index in [0.717, 1.165) is 66.0 Å². The lowest BCUT2D eigenvalue weighted by molar-refractivity contribution is 0.112. The van der Waals surface area contributed by atoms with Gasteiger partial charge in [-0.1, -0.05) is 41.9 Å². The highest BCUT2D eigenvalue weighted by Crippen LogP contribution is 2.35. The predicted molar refractivity (Wildman–Crippen MR) is 146 cm³/mol. The Morgan fingerprint density at radius 2 is 1.78 bits per heavy atom. The Kier molecular flexibility index (Phi) is 9.09. The summed E-state index contributed by atoms with van der Waals surface area (Å²) in [6.07, 6.45) is 2.30. The first-order valence-electron chi connectivity index (χ1n) is 12.6. The highest BCUT2D eigenvalue weighted by Gasteiger charge is 2.19. The first kappa shape index (κ1) is 27.0. The summed E-state index contributed by atoms with van der Waals surface area (Å²) in [4.78, 5) is 13.5. The molecule has 0 radical (unpaired) electrons. The van der Waals surface area contributed by atoms with E-state index < -0.39 is 0 Å². The van der Waals surface area contributed by atoms with Crippen LogP contribution < -0.4 is 14.2 Å². The summed E-state index contributed by atoms with van der Waals surface area (Å²) >= 11 is 6.34. The Balaban J connectivity index is 1.45. The zero-order valence-electron chi connectivity index (χ0n) is 21.6. The zero-order valence-corrected chi connectivity index (χ0v) is 22.4. The van der Waals surface area contributed by atoms with Crippen molar-refractivity contribution in [1.82, 2.24) is 4.90 Å². The molecule has 1 aliphatic rings. The second kappa shape index (κ2) is 12.5. The zero-order chi connectivity index (χ0) is 26.4. The Morgan fingerprint density at radius 3 is 2.49 bits per heavy atom. The molecule has 1 atom stereocenters. The smallest absolute Gasteiger partial charge is 0.153 e. The molecule has 0 bridgehead atoms. The summed E-state index contributed by atoms with van der Waals surface area (Å²) in [5, 5.41) is 10.1. The molecule has 196 valence electrons. The van der Waals surface area contributed by atoms with Crippen molar-refractivity contribution < 1.29 is 24.1 Å². The molecule has 0 saturated carbocycles. The van der Waals surface area contributed by atoms with Gasteiger partial charge in [-0.2, -0.15) is 0 Å². The molecule has 3 aromatic carbocycles. The van der Waals surface area contributed by atoms with Gasteiger partial charge < -0.3 is 24.2 Å². The van der Waals surface area contributed by atoms with Crippen LogP contribution in [0.15, 0.2) is 48.5 Å². The number of halogens is 1. The average molecular weight is 524 g/mol. The fraction of sp³-hybridized carbons (Fsp3) is 0.367. The summed E-state index contributed by atoms with van der Waals surface area (Å²) in [5.41, 5.74) is 5.86. The van der Waals surface area contributed by atoms with Gasteiger partial charge in [0.05, 0.1) is 30.4 Å². The lowest BCUT2D eigenvalue weighted by Gasteiger charge is -2.18. The summed E-state index contributed by atoms with van der Waals surface area (Å²) in [5.74, 6) is 1.77. The van der Waals surface area contributed by atoms with Crippen LogP contribution in [0, 0.1) is 13.8 Å². The van der Waals surface area contributed by atoms with Crippen molar-refractivity contribution in [3.05, 3.63) is 75.8 Å². The summed E-state index contributed by atoms with van der Waals surface area (Å²) < 4.78 is 17.5. The van der Waals surface area contributed by atoms with Gasteiger partial charge in [-0.3, -0.25) is 4.79 Å². The monoisotopic (exact) mass is 523 g/mol. The maximum atomic E-state index is 11.2. The first-order valence-corrected chi connectivity index (χ1v) is 13.0. The molecule has 6 nitrogen and oxygen atoms in total.